The molecular formula is C37H54N4O7. The highest BCUT2D eigenvalue weighted by Gasteiger charge is 2.28. The van der Waals surface area contributed by atoms with Gasteiger partial charge in [-0.15, -0.1) is 0 Å². The van der Waals surface area contributed by atoms with Crippen LogP contribution >= 0.6 is 0 Å². The molecule has 48 heavy (non-hydrogen) atoms. The number of hydrogen-bond donors (Lipinski definition) is 5. The topological polar surface area (TPSA) is 163 Å². The number of carboxylic acid groups (broad SMARTS) is 1. The Bertz CT molecular complexity index is 1350. The Labute approximate surface area is 285 Å². The van der Waals surface area contributed by atoms with Gasteiger partial charge < -0.3 is 31.1 Å². The van der Waals surface area contributed by atoms with Gasteiger partial charge in [-0.2, -0.15) is 0 Å². The fraction of sp³-hybridized carbons (Fsp3) is 0.541. The maximum atomic E-state index is 13.4. The minimum absolute atomic E-state index is 0.0332. The Morgan fingerprint density at radius 1 is 0.771 bits per heavy atom. The average Bonchev–Trinajstić information content (AvgIpc) is 3.01. The van der Waals surface area contributed by atoms with Crippen molar-refractivity contribution in [3.05, 3.63) is 59.7 Å². The number of carbonyl (C=O) groups excluding carboxylic acids is 4. The van der Waals surface area contributed by atoms with Crippen LogP contribution in [-0.4, -0.2) is 65.2 Å². The first-order chi connectivity index (χ1) is 22.6. The van der Waals surface area contributed by atoms with Gasteiger partial charge in [-0.25, -0.2) is 9.59 Å². The van der Waals surface area contributed by atoms with Crippen molar-refractivity contribution >= 4 is 29.8 Å². The Kier molecular flexibility index (Phi) is 16.1. The normalized spacial score (nSPS) is 13.2. The summed E-state index contributed by atoms with van der Waals surface area (Å²) in [6.07, 6.45) is 4.22. The first kappa shape index (κ1) is 39.8. The highest BCUT2D eigenvalue weighted by Crippen LogP contribution is 2.21. The summed E-state index contributed by atoms with van der Waals surface area (Å²) in [5.41, 5.74) is 3.01. The molecule has 2 rings (SSSR count). The van der Waals surface area contributed by atoms with Gasteiger partial charge in [-0.05, 0) is 101 Å². The molecule has 0 aromatic heterocycles. The van der Waals surface area contributed by atoms with Crippen LogP contribution in [-0.2, 0) is 25.5 Å². The quantitative estimate of drug-likeness (QED) is 0.129. The number of amides is 4. The van der Waals surface area contributed by atoms with Crippen LogP contribution < -0.4 is 21.3 Å². The zero-order valence-electron chi connectivity index (χ0n) is 29.5. The molecule has 2 aromatic rings. The van der Waals surface area contributed by atoms with E-state index in [4.69, 9.17) is 4.74 Å². The number of carbonyl (C=O) groups is 5. The first-order valence-electron chi connectivity index (χ1n) is 16.9. The van der Waals surface area contributed by atoms with Crippen LogP contribution in [0.3, 0.4) is 0 Å². The van der Waals surface area contributed by atoms with Crippen LogP contribution in [0.15, 0.2) is 48.5 Å². The molecule has 0 radical (unpaired) electrons. The second-order valence-corrected chi connectivity index (χ2v) is 13.6. The van der Waals surface area contributed by atoms with Crippen LogP contribution in [0.2, 0.25) is 0 Å². The van der Waals surface area contributed by atoms with Gasteiger partial charge in [0.15, 0.2) is 0 Å². The lowest BCUT2D eigenvalue weighted by molar-refractivity contribution is -0.142. The Morgan fingerprint density at radius 2 is 1.38 bits per heavy atom. The number of aliphatic carboxylic acids is 1. The van der Waals surface area contributed by atoms with Crippen molar-refractivity contribution in [2.75, 3.05) is 6.54 Å². The van der Waals surface area contributed by atoms with Crippen molar-refractivity contribution in [2.45, 2.75) is 117 Å². The van der Waals surface area contributed by atoms with Crippen molar-refractivity contribution in [3.8, 4) is 11.1 Å². The lowest BCUT2D eigenvalue weighted by Gasteiger charge is -2.23. The number of nitrogens with one attached hydrogen (secondary N) is 4. The van der Waals surface area contributed by atoms with E-state index in [1.165, 1.54) is 12.5 Å². The van der Waals surface area contributed by atoms with Crippen LogP contribution in [0.25, 0.3) is 11.1 Å². The molecule has 0 aliphatic rings. The third kappa shape index (κ3) is 14.6. The molecule has 0 fully saturated rings. The predicted octanol–water partition coefficient (Wildman–Crippen LogP) is 5.61. The van der Waals surface area contributed by atoms with Gasteiger partial charge in [-0.1, -0.05) is 63.6 Å². The molecule has 4 amide bonds. The highest BCUT2D eigenvalue weighted by molar-refractivity contribution is 5.98. The number of benzene rings is 2. The lowest BCUT2D eigenvalue weighted by atomic mass is 10.0. The van der Waals surface area contributed by atoms with E-state index in [-0.39, 0.29) is 18.8 Å². The standard InChI is InChI=1S/C37H54N4O7/c1-8-9-12-26-14-16-27(17-15-26)28-18-20-29(21-19-28)33(43)40-30(13-10-11-22-38-36(47)48-37(5,6)7)34(44)39-25(4)32(42)41-31(35(45)46)23-24(2)3/h14-21,24-25,30-31H,8-13,22-23H2,1-7H3,(H,38,47)(H,39,44)(H,40,43)(H,41,42)(H,45,46)/t25-,30-,31-/m0/s1. The maximum Gasteiger partial charge on any atom is 0.407 e. The van der Waals surface area contributed by atoms with Crippen LogP contribution in [0.5, 0.6) is 0 Å². The number of ether oxygens (including phenoxy) is 1. The zero-order chi connectivity index (χ0) is 35.9. The summed E-state index contributed by atoms with van der Waals surface area (Å²) in [5, 5.41) is 20.1. The number of alkyl carbamates (subject to hydrolysis) is 1. The highest BCUT2D eigenvalue weighted by atomic mass is 16.6. The largest absolute Gasteiger partial charge is 0.480 e. The van der Waals surface area contributed by atoms with Gasteiger partial charge in [0, 0.05) is 12.1 Å². The summed E-state index contributed by atoms with van der Waals surface area (Å²) in [5.74, 6) is -2.80. The predicted molar refractivity (Wildman–Crippen MR) is 186 cm³/mol. The summed E-state index contributed by atoms with van der Waals surface area (Å²) in [6, 6.07) is 12.4. The van der Waals surface area contributed by atoms with E-state index < -0.39 is 53.5 Å². The molecule has 0 aliphatic heterocycles. The molecule has 0 aliphatic carbocycles. The fourth-order valence-electron chi connectivity index (χ4n) is 4.92. The average molecular weight is 667 g/mol. The minimum atomic E-state index is -1.16. The summed E-state index contributed by atoms with van der Waals surface area (Å²) in [7, 11) is 0. The number of carboxylic acids is 1. The molecule has 0 unspecified atom stereocenters. The summed E-state index contributed by atoms with van der Waals surface area (Å²) in [6.45, 7) is 12.9. The fourth-order valence-corrected chi connectivity index (χ4v) is 4.92. The van der Waals surface area contributed by atoms with Gasteiger partial charge in [0.1, 0.15) is 23.7 Å². The SMILES string of the molecule is CCCCc1ccc(-c2ccc(C(=O)N[C@@H](CCCCNC(=O)OC(C)(C)C)C(=O)N[C@@H](C)C(=O)N[C@@H](CC(C)C)C(=O)O)cc2)cc1. The molecule has 2 aromatic carbocycles. The molecule has 5 N–H and O–H groups in total. The van der Waals surface area contributed by atoms with Crippen LogP contribution in [0.4, 0.5) is 4.79 Å². The van der Waals surface area contributed by atoms with E-state index in [9.17, 15) is 29.1 Å². The minimum Gasteiger partial charge on any atom is -0.480 e. The van der Waals surface area contributed by atoms with Gasteiger partial charge in [0.25, 0.3) is 5.91 Å². The monoisotopic (exact) mass is 666 g/mol. The van der Waals surface area contributed by atoms with Gasteiger partial charge in [0.2, 0.25) is 11.8 Å². The molecule has 0 bridgehead atoms. The molecule has 11 nitrogen and oxygen atoms in total. The maximum absolute atomic E-state index is 13.4. The third-order valence-electron chi connectivity index (χ3n) is 7.54. The smallest absolute Gasteiger partial charge is 0.407 e. The molecule has 0 saturated carbocycles. The van der Waals surface area contributed by atoms with E-state index >= 15 is 0 Å². The van der Waals surface area contributed by atoms with Gasteiger partial charge in [-0.3, -0.25) is 14.4 Å². The number of unbranched alkanes of at least 4 members (excludes halogenated alkanes) is 2. The zero-order valence-corrected chi connectivity index (χ0v) is 29.5. The summed E-state index contributed by atoms with van der Waals surface area (Å²) >= 11 is 0. The van der Waals surface area contributed by atoms with E-state index in [1.807, 2.05) is 26.0 Å². The second-order valence-electron chi connectivity index (χ2n) is 13.6. The number of hydrogen-bond acceptors (Lipinski definition) is 6. The van der Waals surface area contributed by atoms with E-state index in [1.54, 1.807) is 32.9 Å². The first-order valence-corrected chi connectivity index (χ1v) is 16.9. The molecule has 0 saturated heterocycles. The lowest BCUT2D eigenvalue weighted by Crippen LogP contribution is -2.54. The molecule has 3 atom stereocenters. The van der Waals surface area contributed by atoms with E-state index in [0.717, 1.165) is 30.4 Å². The van der Waals surface area contributed by atoms with Gasteiger partial charge in [0.05, 0.1) is 0 Å². The van der Waals surface area contributed by atoms with Crippen molar-refractivity contribution in [2.24, 2.45) is 5.92 Å². The molecule has 0 heterocycles. The van der Waals surface area contributed by atoms with Crippen molar-refractivity contribution < 1.29 is 33.8 Å². The second kappa shape index (κ2) is 19.4. The van der Waals surface area contributed by atoms with Crippen molar-refractivity contribution in [1.82, 2.24) is 21.3 Å². The molecule has 0 spiro atoms. The number of aryl methyl sites for hydroxylation is 1. The van der Waals surface area contributed by atoms with Crippen molar-refractivity contribution in [1.29, 1.82) is 0 Å². The summed E-state index contributed by atoms with van der Waals surface area (Å²) in [4.78, 5) is 63.1. The molecule has 264 valence electrons. The van der Waals surface area contributed by atoms with E-state index in [2.05, 4.69) is 52.5 Å². The van der Waals surface area contributed by atoms with Crippen LogP contribution in [0.1, 0.15) is 103 Å². The Morgan fingerprint density at radius 3 is 1.92 bits per heavy atom. The van der Waals surface area contributed by atoms with Gasteiger partial charge >= 0.3 is 12.1 Å². The molecule has 11 heteroatoms. The number of rotatable bonds is 18. The Hall–Kier alpha value is -4.41. The molecular weight excluding hydrogens is 612 g/mol. The summed E-state index contributed by atoms with van der Waals surface area (Å²) < 4.78 is 5.24. The Balaban J connectivity index is 2.10. The van der Waals surface area contributed by atoms with E-state index in [0.29, 0.717) is 24.9 Å². The van der Waals surface area contributed by atoms with Crippen LogP contribution in [0, 0.1) is 5.92 Å². The van der Waals surface area contributed by atoms with Crippen molar-refractivity contribution in [3.63, 3.8) is 0 Å². The third-order valence-corrected chi connectivity index (χ3v) is 7.54.